The topological polar surface area (TPSA) is 57.2 Å². The lowest BCUT2D eigenvalue weighted by Crippen LogP contribution is -2.30. The Labute approximate surface area is 133 Å². The summed E-state index contributed by atoms with van der Waals surface area (Å²) >= 11 is 0. The van der Waals surface area contributed by atoms with Crippen LogP contribution in [0.2, 0.25) is 0 Å². The van der Waals surface area contributed by atoms with Crippen LogP contribution in [0, 0.1) is 0 Å². The number of ether oxygens (including phenoxy) is 4. The van der Waals surface area contributed by atoms with Gasteiger partial charge < -0.3 is 24.1 Å². The summed E-state index contributed by atoms with van der Waals surface area (Å²) in [4.78, 5) is 0. The van der Waals surface area contributed by atoms with E-state index in [0.29, 0.717) is 19.8 Å². The van der Waals surface area contributed by atoms with Crippen molar-refractivity contribution < 1.29 is 24.1 Å². The highest BCUT2D eigenvalue weighted by Crippen LogP contribution is 2.23. The number of benzene rings is 1. The monoisotopic (exact) mass is 312 g/mol. The van der Waals surface area contributed by atoms with Crippen LogP contribution in [0.4, 0.5) is 0 Å². The molecule has 0 spiro atoms. The number of hydrogen-bond acceptors (Lipinski definition) is 5. The lowest BCUT2D eigenvalue weighted by atomic mass is 10.1. The standard InChI is InChI=1S/C17H28O5/c1-14(2)20-10-9-17(3,4)22-16-7-5-15(6-8-16)21-12-11-19-13-18/h5-8,14,18H,9-13H2,1-4H3. The Bertz CT molecular complexity index is 400. The first-order valence-corrected chi connectivity index (χ1v) is 7.65. The molecule has 0 aliphatic rings. The minimum atomic E-state index is -0.286. The largest absolute Gasteiger partial charge is 0.491 e. The van der Waals surface area contributed by atoms with Crippen LogP contribution in [0.1, 0.15) is 34.1 Å². The van der Waals surface area contributed by atoms with Crippen LogP contribution >= 0.6 is 0 Å². The van der Waals surface area contributed by atoms with E-state index < -0.39 is 0 Å². The molecule has 0 aliphatic heterocycles. The van der Waals surface area contributed by atoms with Crippen LogP contribution < -0.4 is 9.47 Å². The fourth-order valence-electron chi connectivity index (χ4n) is 1.80. The number of rotatable bonds is 11. The lowest BCUT2D eigenvalue weighted by Gasteiger charge is -2.27. The summed E-state index contributed by atoms with van der Waals surface area (Å²) in [5, 5.41) is 8.50. The predicted octanol–water partition coefficient (Wildman–Crippen LogP) is 3.00. The van der Waals surface area contributed by atoms with Gasteiger partial charge in [-0.05, 0) is 52.0 Å². The molecule has 1 N–H and O–H groups in total. The van der Waals surface area contributed by atoms with Crippen LogP contribution in [-0.2, 0) is 9.47 Å². The molecule has 0 unspecified atom stereocenters. The molecular weight excluding hydrogens is 284 g/mol. The third kappa shape index (κ3) is 8.22. The maximum Gasteiger partial charge on any atom is 0.143 e. The molecule has 0 saturated carbocycles. The smallest absolute Gasteiger partial charge is 0.143 e. The molecule has 0 aliphatic carbocycles. The summed E-state index contributed by atoms with van der Waals surface area (Å²) in [6.45, 7) is 9.30. The van der Waals surface area contributed by atoms with E-state index in [1.807, 2.05) is 52.0 Å². The molecule has 1 rings (SSSR count). The van der Waals surface area contributed by atoms with Crippen molar-refractivity contribution in [2.45, 2.75) is 45.8 Å². The molecule has 5 heteroatoms. The Hall–Kier alpha value is -1.30. The molecule has 0 bridgehead atoms. The van der Waals surface area contributed by atoms with Gasteiger partial charge in [0.05, 0.1) is 19.3 Å². The molecule has 0 radical (unpaired) electrons. The van der Waals surface area contributed by atoms with Gasteiger partial charge in [0, 0.05) is 6.42 Å². The van der Waals surface area contributed by atoms with Gasteiger partial charge in [-0.3, -0.25) is 0 Å². The zero-order chi connectivity index (χ0) is 16.4. The Morgan fingerprint density at radius 3 is 2.23 bits per heavy atom. The number of aliphatic hydroxyl groups excluding tert-OH is 1. The summed E-state index contributed by atoms with van der Waals surface area (Å²) < 4.78 is 21.8. The van der Waals surface area contributed by atoms with Gasteiger partial charge in [-0.25, -0.2) is 0 Å². The van der Waals surface area contributed by atoms with E-state index in [4.69, 9.17) is 24.1 Å². The minimum Gasteiger partial charge on any atom is -0.491 e. The van der Waals surface area contributed by atoms with Gasteiger partial charge in [0.15, 0.2) is 0 Å². The first kappa shape index (κ1) is 18.7. The van der Waals surface area contributed by atoms with E-state index in [9.17, 15) is 0 Å². The minimum absolute atomic E-state index is 0.238. The third-order valence-electron chi connectivity index (χ3n) is 2.96. The second-order valence-electron chi connectivity index (χ2n) is 5.89. The average Bonchev–Trinajstić information content (AvgIpc) is 2.44. The zero-order valence-corrected chi connectivity index (χ0v) is 14.0. The molecule has 0 amide bonds. The highest BCUT2D eigenvalue weighted by Gasteiger charge is 2.19. The summed E-state index contributed by atoms with van der Waals surface area (Å²) in [5.74, 6) is 1.54. The number of hydrogen-bond donors (Lipinski definition) is 1. The Morgan fingerprint density at radius 1 is 1.00 bits per heavy atom. The van der Waals surface area contributed by atoms with Gasteiger partial charge >= 0.3 is 0 Å². The summed E-state index contributed by atoms with van der Waals surface area (Å²) in [7, 11) is 0. The molecule has 0 heterocycles. The zero-order valence-electron chi connectivity index (χ0n) is 14.0. The SMILES string of the molecule is CC(C)OCCC(C)(C)Oc1ccc(OCCOCO)cc1. The molecule has 126 valence electrons. The lowest BCUT2D eigenvalue weighted by molar-refractivity contribution is -0.0126. The molecule has 22 heavy (non-hydrogen) atoms. The van der Waals surface area contributed by atoms with Crippen molar-refractivity contribution in [3.05, 3.63) is 24.3 Å². The van der Waals surface area contributed by atoms with E-state index in [-0.39, 0.29) is 18.5 Å². The highest BCUT2D eigenvalue weighted by molar-refractivity contribution is 5.31. The summed E-state index contributed by atoms with van der Waals surface area (Å²) in [6, 6.07) is 7.48. The first-order chi connectivity index (χ1) is 10.4. The normalized spacial score (nSPS) is 11.7. The fourth-order valence-corrected chi connectivity index (χ4v) is 1.80. The van der Waals surface area contributed by atoms with Gasteiger partial charge in [0.1, 0.15) is 30.5 Å². The highest BCUT2D eigenvalue weighted by atomic mass is 16.6. The quantitative estimate of drug-likeness (QED) is 0.503. The molecule has 1 aromatic rings. The maximum atomic E-state index is 8.50. The van der Waals surface area contributed by atoms with Crippen molar-refractivity contribution in [1.29, 1.82) is 0 Å². The average molecular weight is 312 g/mol. The van der Waals surface area contributed by atoms with Crippen LogP contribution in [0.5, 0.6) is 11.5 Å². The molecule has 0 saturated heterocycles. The predicted molar refractivity (Wildman–Crippen MR) is 85.4 cm³/mol. The molecule has 0 aromatic heterocycles. The van der Waals surface area contributed by atoms with Crippen LogP contribution in [-0.4, -0.2) is 43.4 Å². The second kappa shape index (κ2) is 9.66. The summed E-state index contributed by atoms with van der Waals surface area (Å²) in [6.07, 6.45) is 1.06. The van der Waals surface area contributed by atoms with Crippen LogP contribution in [0.3, 0.4) is 0 Å². The van der Waals surface area contributed by atoms with Gasteiger partial charge in [-0.15, -0.1) is 0 Å². The van der Waals surface area contributed by atoms with Gasteiger partial charge in [-0.2, -0.15) is 0 Å². The van der Waals surface area contributed by atoms with E-state index in [1.165, 1.54) is 0 Å². The van der Waals surface area contributed by atoms with Crippen LogP contribution in [0.25, 0.3) is 0 Å². The van der Waals surface area contributed by atoms with Crippen molar-refractivity contribution in [1.82, 2.24) is 0 Å². The third-order valence-corrected chi connectivity index (χ3v) is 2.96. The van der Waals surface area contributed by atoms with Gasteiger partial charge in [0.2, 0.25) is 0 Å². The Balaban J connectivity index is 2.38. The fraction of sp³-hybridized carbons (Fsp3) is 0.647. The molecule has 1 aromatic carbocycles. The van der Waals surface area contributed by atoms with Crippen molar-refractivity contribution >= 4 is 0 Å². The van der Waals surface area contributed by atoms with E-state index in [1.54, 1.807) is 0 Å². The molecule has 5 nitrogen and oxygen atoms in total. The molecule has 0 fully saturated rings. The van der Waals surface area contributed by atoms with E-state index in [0.717, 1.165) is 17.9 Å². The van der Waals surface area contributed by atoms with Gasteiger partial charge in [-0.1, -0.05) is 0 Å². The van der Waals surface area contributed by atoms with E-state index >= 15 is 0 Å². The van der Waals surface area contributed by atoms with Crippen molar-refractivity contribution in [2.75, 3.05) is 26.6 Å². The van der Waals surface area contributed by atoms with Crippen molar-refractivity contribution in [2.24, 2.45) is 0 Å². The van der Waals surface area contributed by atoms with Crippen molar-refractivity contribution in [3.63, 3.8) is 0 Å². The molecular formula is C17H28O5. The summed E-state index contributed by atoms with van der Waals surface area (Å²) in [5.41, 5.74) is -0.285. The Morgan fingerprint density at radius 2 is 1.64 bits per heavy atom. The molecule has 0 atom stereocenters. The second-order valence-corrected chi connectivity index (χ2v) is 5.89. The number of aliphatic hydroxyl groups is 1. The Kier molecular flexibility index (Phi) is 8.24. The van der Waals surface area contributed by atoms with Crippen molar-refractivity contribution in [3.8, 4) is 11.5 Å². The first-order valence-electron chi connectivity index (χ1n) is 7.65. The van der Waals surface area contributed by atoms with Gasteiger partial charge in [0.25, 0.3) is 0 Å². The van der Waals surface area contributed by atoms with E-state index in [2.05, 4.69) is 0 Å². The van der Waals surface area contributed by atoms with Crippen LogP contribution in [0.15, 0.2) is 24.3 Å². The maximum absolute atomic E-state index is 8.50.